The Hall–Kier alpha value is -2.30. The van der Waals surface area contributed by atoms with Crippen LogP contribution in [0.4, 0.5) is 4.79 Å². The van der Waals surface area contributed by atoms with Crippen LogP contribution in [0.2, 0.25) is 0 Å². The van der Waals surface area contributed by atoms with Crippen molar-refractivity contribution in [2.45, 2.75) is 39.7 Å². The van der Waals surface area contributed by atoms with Crippen molar-refractivity contribution in [1.29, 1.82) is 0 Å². The van der Waals surface area contributed by atoms with Gasteiger partial charge < -0.3 is 14.8 Å². The largest absolute Gasteiger partial charge is 0.463 e. The van der Waals surface area contributed by atoms with Crippen LogP contribution in [0, 0.1) is 0 Å². The lowest BCUT2D eigenvalue weighted by Crippen LogP contribution is -2.33. The maximum absolute atomic E-state index is 11.8. The average Bonchev–Trinajstić information content (AvgIpc) is 2.44. The minimum Gasteiger partial charge on any atom is -0.463 e. The molecule has 23 heavy (non-hydrogen) atoms. The van der Waals surface area contributed by atoms with Crippen molar-refractivity contribution in [3.63, 3.8) is 0 Å². The molecule has 0 aliphatic heterocycles. The van der Waals surface area contributed by atoms with Crippen molar-refractivity contribution in [2.24, 2.45) is 0 Å². The van der Waals surface area contributed by atoms with Gasteiger partial charge in [0.1, 0.15) is 5.60 Å². The van der Waals surface area contributed by atoms with E-state index in [9.17, 15) is 9.59 Å². The molecule has 1 amide bonds. The van der Waals surface area contributed by atoms with Crippen molar-refractivity contribution in [1.82, 2.24) is 5.32 Å². The van der Waals surface area contributed by atoms with Crippen LogP contribution in [0.5, 0.6) is 0 Å². The molecule has 1 rings (SSSR count). The number of carbonyl (C=O) groups excluding carboxylic acids is 2. The Kier molecular flexibility index (Phi) is 7.32. The molecule has 0 spiro atoms. The Morgan fingerprint density at radius 1 is 1.17 bits per heavy atom. The summed E-state index contributed by atoms with van der Waals surface area (Å²) in [6.45, 7) is 7.68. The first-order chi connectivity index (χ1) is 10.8. The lowest BCUT2D eigenvalue weighted by molar-refractivity contribution is -0.137. The zero-order valence-corrected chi connectivity index (χ0v) is 14.2. The van der Waals surface area contributed by atoms with Gasteiger partial charge >= 0.3 is 12.1 Å². The van der Waals surface area contributed by atoms with Gasteiger partial charge in [0.25, 0.3) is 0 Å². The van der Waals surface area contributed by atoms with Gasteiger partial charge in [0.15, 0.2) is 0 Å². The lowest BCUT2D eigenvalue weighted by Gasteiger charge is -2.20. The monoisotopic (exact) mass is 319 g/mol. The fourth-order valence-corrected chi connectivity index (χ4v) is 1.87. The third kappa shape index (κ3) is 8.66. The van der Waals surface area contributed by atoms with E-state index in [1.54, 1.807) is 27.7 Å². The molecule has 126 valence electrons. The standard InChI is InChI=1S/C18H25NO4/c1-5-22-16(20)12-15(11-14-9-7-6-8-10-14)13-19-17(21)23-18(2,3)4/h6-10,12H,5,11,13H2,1-4H3,(H,19,21)/b15-12-. The zero-order chi connectivity index (χ0) is 17.3. The van der Waals surface area contributed by atoms with Crippen LogP contribution in [0.3, 0.4) is 0 Å². The van der Waals surface area contributed by atoms with Crippen LogP contribution >= 0.6 is 0 Å². The van der Waals surface area contributed by atoms with Gasteiger partial charge in [-0.3, -0.25) is 0 Å². The summed E-state index contributed by atoms with van der Waals surface area (Å²) in [6, 6.07) is 9.72. The summed E-state index contributed by atoms with van der Waals surface area (Å²) in [7, 11) is 0. The van der Waals surface area contributed by atoms with Gasteiger partial charge in [-0.1, -0.05) is 30.3 Å². The molecule has 1 aromatic rings. The number of ether oxygens (including phenoxy) is 2. The average molecular weight is 319 g/mol. The summed E-state index contributed by atoms with van der Waals surface area (Å²) in [6.07, 6.45) is 1.46. The second-order valence-corrected chi connectivity index (χ2v) is 6.07. The van der Waals surface area contributed by atoms with Gasteiger partial charge in [0.05, 0.1) is 6.61 Å². The number of esters is 1. The van der Waals surface area contributed by atoms with Gasteiger partial charge in [-0.25, -0.2) is 9.59 Å². The molecule has 0 unspecified atom stereocenters. The van der Waals surface area contributed by atoms with Gasteiger partial charge in [0, 0.05) is 12.6 Å². The van der Waals surface area contributed by atoms with Crippen LogP contribution in [-0.4, -0.2) is 30.8 Å². The Balaban J connectivity index is 2.72. The fourth-order valence-electron chi connectivity index (χ4n) is 1.87. The zero-order valence-electron chi connectivity index (χ0n) is 14.2. The minimum atomic E-state index is -0.561. The molecular formula is C18H25NO4. The van der Waals surface area contributed by atoms with Gasteiger partial charge in [-0.2, -0.15) is 0 Å². The van der Waals surface area contributed by atoms with Crippen LogP contribution in [0.25, 0.3) is 0 Å². The van der Waals surface area contributed by atoms with E-state index in [1.807, 2.05) is 30.3 Å². The number of hydrogen-bond acceptors (Lipinski definition) is 4. The highest BCUT2D eigenvalue weighted by Crippen LogP contribution is 2.09. The van der Waals surface area contributed by atoms with Gasteiger partial charge in [-0.15, -0.1) is 0 Å². The predicted octanol–water partition coefficient (Wildman–Crippen LogP) is 3.24. The molecule has 0 aliphatic rings. The fraction of sp³-hybridized carbons (Fsp3) is 0.444. The first kappa shape index (κ1) is 18.7. The molecule has 5 nitrogen and oxygen atoms in total. The first-order valence-corrected chi connectivity index (χ1v) is 7.67. The van der Waals surface area contributed by atoms with Crippen LogP contribution in [-0.2, 0) is 20.7 Å². The van der Waals surface area contributed by atoms with Gasteiger partial charge in [0.2, 0.25) is 0 Å². The predicted molar refractivity (Wildman–Crippen MR) is 89.1 cm³/mol. The molecule has 0 radical (unpaired) electrons. The topological polar surface area (TPSA) is 64.6 Å². The molecule has 0 atom stereocenters. The lowest BCUT2D eigenvalue weighted by atomic mass is 10.0. The SMILES string of the molecule is CCOC(=O)/C=C(\CNC(=O)OC(C)(C)C)Cc1ccccc1. The van der Waals surface area contributed by atoms with Crippen molar-refractivity contribution in [3.05, 3.63) is 47.5 Å². The van der Waals surface area contributed by atoms with Gasteiger partial charge in [-0.05, 0) is 45.3 Å². The number of alkyl carbamates (subject to hydrolysis) is 1. The Morgan fingerprint density at radius 2 is 1.83 bits per heavy atom. The molecule has 0 saturated heterocycles. The number of benzene rings is 1. The number of hydrogen-bond donors (Lipinski definition) is 1. The van der Waals surface area contributed by atoms with Crippen molar-refractivity contribution < 1.29 is 19.1 Å². The van der Waals surface area contributed by atoms with E-state index < -0.39 is 17.7 Å². The number of amides is 1. The maximum atomic E-state index is 11.8. The van der Waals surface area contributed by atoms with Crippen molar-refractivity contribution in [3.8, 4) is 0 Å². The summed E-state index contributed by atoms with van der Waals surface area (Å²) in [5.41, 5.74) is 1.24. The van der Waals surface area contributed by atoms with Crippen LogP contribution in [0.1, 0.15) is 33.3 Å². The molecule has 1 N–H and O–H groups in total. The first-order valence-electron chi connectivity index (χ1n) is 7.67. The van der Waals surface area contributed by atoms with Crippen LogP contribution in [0.15, 0.2) is 42.0 Å². The minimum absolute atomic E-state index is 0.225. The van der Waals surface area contributed by atoms with E-state index >= 15 is 0 Å². The smallest absolute Gasteiger partial charge is 0.407 e. The number of carbonyl (C=O) groups is 2. The second kappa shape index (κ2) is 8.98. The van der Waals surface area contributed by atoms with Crippen molar-refractivity contribution >= 4 is 12.1 Å². The molecule has 0 aliphatic carbocycles. The Labute approximate surface area is 137 Å². The summed E-state index contributed by atoms with van der Waals surface area (Å²) in [5, 5.41) is 2.67. The molecule has 0 saturated carbocycles. The van der Waals surface area contributed by atoms with E-state index in [1.165, 1.54) is 6.08 Å². The molecule has 0 heterocycles. The quantitative estimate of drug-likeness (QED) is 0.646. The van der Waals surface area contributed by atoms with E-state index in [0.29, 0.717) is 13.0 Å². The second-order valence-electron chi connectivity index (χ2n) is 6.07. The molecule has 5 heteroatoms. The third-order valence-electron chi connectivity index (χ3n) is 2.74. The van der Waals surface area contributed by atoms with Crippen LogP contribution < -0.4 is 5.32 Å². The molecule has 0 aromatic heterocycles. The van der Waals surface area contributed by atoms with E-state index in [0.717, 1.165) is 11.1 Å². The molecular weight excluding hydrogens is 294 g/mol. The summed E-state index contributed by atoms with van der Waals surface area (Å²) in [4.78, 5) is 23.4. The Morgan fingerprint density at radius 3 is 2.39 bits per heavy atom. The van der Waals surface area contributed by atoms with Crippen molar-refractivity contribution in [2.75, 3.05) is 13.2 Å². The number of nitrogens with one attached hydrogen (secondary N) is 1. The molecule has 0 bridgehead atoms. The maximum Gasteiger partial charge on any atom is 0.407 e. The Bertz CT molecular complexity index is 544. The summed E-state index contributed by atoms with van der Waals surface area (Å²) < 4.78 is 10.1. The number of rotatable bonds is 6. The highest BCUT2D eigenvalue weighted by atomic mass is 16.6. The highest BCUT2D eigenvalue weighted by molar-refractivity contribution is 5.83. The highest BCUT2D eigenvalue weighted by Gasteiger charge is 2.16. The van der Waals surface area contributed by atoms with E-state index in [2.05, 4.69) is 5.32 Å². The molecule has 1 aromatic carbocycles. The van der Waals surface area contributed by atoms with E-state index in [4.69, 9.17) is 9.47 Å². The molecule has 0 fully saturated rings. The summed E-state index contributed by atoms with van der Waals surface area (Å²) >= 11 is 0. The summed E-state index contributed by atoms with van der Waals surface area (Å²) in [5.74, 6) is -0.413. The third-order valence-corrected chi connectivity index (χ3v) is 2.74. The van der Waals surface area contributed by atoms with E-state index in [-0.39, 0.29) is 6.54 Å². The normalized spacial score (nSPS) is 11.7.